The van der Waals surface area contributed by atoms with Crippen LogP contribution in [-0.2, 0) is 20.8 Å². The van der Waals surface area contributed by atoms with Gasteiger partial charge in [0.05, 0.1) is 19.0 Å². The zero-order valence-electron chi connectivity index (χ0n) is 17.6. The highest BCUT2D eigenvalue weighted by Crippen LogP contribution is 2.23. The van der Waals surface area contributed by atoms with Crippen LogP contribution >= 0.6 is 0 Å². The minimum Gasteiger partial charge on any atom is -0.457 e. The van der Waals surface area contributed by atoms with Crippen molar-refractivity contribution in [3.8, 4) is 6.07 Å². The van der Waals surface area contributed by atoms with E-state index in [1.54, 1.807) is 11.0 Å². The van der Waals surface area contributed by atoms with Gasteiger partial charge in [0.1, 0.15) is 11.7 Å². The summed E-state index contributed by atoms with van der Waals surface area (Å²) in [7, 11) is 0. The molecule has 7 nitrogen and oxygen atoms in total. The Labute approximate surface area is 176 Å². The maximum atomic E-state index is 12.3. The largest absolute Gasteiger partial charge is 0.457 e. The first-order valence-electron chi connectivity index (χ1n) is 10.1. The van der Waals surface area contributed by atoms with Crippen molar-refractivity contribution >= 4 is 29.0 Å². The topological polar surface area (TPSA) is 84.6 Å². The highest BCUT2D eigenvalue weighted by Gasteiger charge is 2.31. The lowest BCUT2D eigenvalue weighted by atomic mass is 10.1. The normalized spacial score (nSPS) is 16.7. The monoisotopic (exact) mass is 409 g/mol. The number of amides is 1. The van der Waals surface area contributed by atoms with Crippen LogP contribution in [0.25, 0.3) is 17.0 Å². The fraction of sp³-hybridized carbons (Fsp3) is 0.435. The van der Waals surface area contributed by atoms with Crippen molar-refractivity contribution in [1.82, 2.24) is 9.47 Å². The second kappa shape index (κ2) is 9.04. The molecule has 30 heavy (non-hydrogen) atoms. The SMILES string of the molecule is CC(C)(C)OC(=O)N1CC[C@H](OC(=O)/C=C/c2cn(CCC#N)c3ccccc23)C1. The fourth-order valence-electron chi connectivity index (χ4n) is 3.44. The maximum Gasteiger partial charge on any atom is 0.410 e. The Morgan fingerprint density at radius 3 is 2.80 bits per heavy atom. The number of carbonyl (C=O) groups excluding carboxylic acids is 2. The summed E-state index contributed by atoms with van der Waals surface area (Å²) in [5.41, 5.74) is 1.35. The molecule has 1 saturated heterocycles. The van der Waals surface area contributed by atoms with E-state index in [1.165, 1.54) is 6.08 Å². The van der Waals surface area contributed by atoms with E-state index in [2.05, 4.69) is 6.07 Å². The molecule has 0 unspecified atom stereocenters. The molecule has 0 aliphatic carbocycles. The number of nitrogens with zero attached hydrogens (tertiary/aromatic N) is 3. The number of ether oxygens (including phenoxy) is 2. The molecule has 3 rings (SSSR count). The highest BCUT2D eigenvalue weighted by atomic mass is 16.6. The molecule has 158 valence electrons. The van der Waals surface area contributed by atoms with Crippen molar-refractivity contribution in [3.63, 3.8) is 0 Å². The first-order valence-corrected chi connectivity index (χ1v) is 10.1. The van der Waals surface area contributed by atoms with Gasteiger partial charge in [-0.05, 0) is 32.9 Å². The van der Waals surface area contributed by atoms with Crippen LogP contribution in [0.5, 0.6) is 0 Å². The summed E-state index contributed by atoms with van der Waals surface area (Å²) < 4.78 is 12.9. The summed E-state index contributed by atoms with van der Waals surface area (Å²) >= 11 is 0. The summed E-state index contributed by atoms with van der Waals surface area (Å²) in [5.74, 6) is -0.445. The molecular formula is C23H27N3O4. The van der Waals surface area contributed by atoms with Gasteiger partial charge in [-0.15, -0.1) is 0 Å². The number of carbonyl (C=O) groups is 2. The van der Waals surface area contributed by atoms with Crippen LogP contribution < -0.4 is 0 Å². The number of benzene rings is 1. The number of fused-ring (bicyclic) bond motifs is 1. The van der Waals surface area contributed by atoms with E-state index < -0.39 is 11.6 Å². The summed E-state index contributed by atoms with van der Waals surface area (Å²) in [6, 6.07) is 10.0. The van der Waals surface area contributed by atoms with E-state index in [1.807, 2.05) is 55.8 Å². The number of aromatic nitrogens is 1. The summed E-state index contributed by atoms with van der Waals surface area (Å²) in [4.78, 5) is 26.0. The van der Waals surface area contributed by atoms with E-state index in [9.17, 15) is 9.59 Å². The number of rotatable bonds is 5. The van der Waals surface area contributed by atoms with Gasteiger partial charge in [-0.2, -0.15) is 5.26 Å². The van der Waals surface area contributed by atoms with Crippen LogP contribution in [-0.4, -0.2) is 46.3 Å². The molecule has 0 bridgehead atoms. The van der Waals surface area contributed by atoms with Crippen LogP contribution in [0.4, 0.5) is 4.79 Å². The van der Waals surface area contributed by atoms with Gasteiger partial charge >= 0.3 is 12.1 Å². The third kappa shape index (κ3) is 5.41. The van der Waals surface area contributed by atoms with Crippen LogP contribution in [0.15, 0.2) is 36.5 Å². The first-order chi connectivity index (χ1) is 14.3. The van der Waals surface area contributed by atoms with Crippen molar-refractivity contribution in [2.24, 2.45) is 0 Å². The number of nitriles is 1. The number of hydrogen-bond acceptors (Lipinski definition) is 5. The molecule has 0 N–H and O–H groups in total. The molecule has 0 saturated carbocycles. The predicted octanol–water partition coefficient (Wildman–Crippen LogP) is 4.12. The van der Waals surface area contributed by atoms with Gasteiger partial charge < -0.3 is 18.9 Å². The van der Waals surface area contributed by atoms with Gasteiger partial charge in [-0.25, -0.2) is 9.59 Å². The van der Waals surface area contributed by atoms with Gasteiger partial charge in [-0.3, -0.25) is 0 Å². The molecule has 1 fully saturated rings. The lowest BCUT2D eigenvalue weighted by molar-refractivity contribution is -0.142. The second-order valence-electron chi connectivity index (χ2n) is 8.31. The van der Waals surface area contributed by atoms with Gasteiger partial charge in [0.2, 0.25) is 0 Å². The van der Waals surface area contributed by atoms with E-state index in [4.69, 9.17) is 14.7 Å². The van der Waals surface area contributed by atoms with Gasteiger partial charge in [0, 0.05) is 48.2 Å². The van der Waals surface area contributed by atoms with Crippen molar-refractivity contribution in [1.29, 1.82) is 5.26 Å². The average molecular weight is 409 g/mol. The molecule has 1 atom stereocenters. The molecule has 2 aromatic rings. The average Bonchev–Trinajstić information content (AvgIpc) is 3.28. The first kappa shape index (κ1) is 21.4. The molecule has 1 aliphatic rings. The standard InChI is InChI=1S/C23H27N3O4/c1-23(2,3)30-22(28)26-14-11-18(16-26)29-21(27)10-9-17-15-25(13-6-12-24)20-8-5-4-7-19(17)20/h4-5,7-10,15,18H,6,11,13-14,16H2,1-3H3/b10-9+/t18-/m0/s1. The molecule has 0 radical (unpaired) electrons. The second-order valence-corrected chi connectivity index (χ2v) is 8.31. The minimum absolute atomic E-state index is 0.335. The Morgan fingerprint density at radius 1 is 1.30 bits per heavy atom. The Bertz CT molecular complexity index is 994. The number of para-hydroxylation sites is 1. The van der Waals surface area contributed by atoms with Gasteiger partial charge in [0.15, 0.2) is 0 Å². The van der Waals surface area contributed by atoms with E-state index >= 15 is 0 Å². The lowest BCUT2D eigenvalue weighted by Gasteiger charge is -2.24. The van der Waals surface area contributed by atoms with Crippen molar-refractivity contribution in [3.05, 3.63) is 42.1 Å². The van der Waals surface area contributed by atoms with Crippen LogP contribution in [0, 0.1) is 11.3 Å². The Hall–Kier alpha value is -3.27. The molecule has 2 heterocycles. The Kier molecular flexibility index (Phi) is 6.46. The summed E-state index contributed by atoms with van der Waals surface area (Å²) in [6.07, 6.45) is 5.35. The number of likely N-dealkylation sites (tertiary alicyclic amines) is 1. The Morgan fingerprint density at radius 2 is 2.07 bits per heavy atom. The molecule has 1 aliphatic heterocycles. The molecular weight excluding hydrogens is 382 g/mol. The van der Waals surface area contributed by atoms with Crippen molar-refractivity contribution < 1.29 is 19.1 Å². The summed E-state index contributed by atoms with van der Waals surface area (Å²) in [6.45, 7) is 6.89. The molecule has 1 amide bonds. The highest BCUT2D eigenvalue weighted by molar-refractivity contribution is 5.94. The van der Waals surface area contributed by atoms with E-state index in [0.29, 0.717) is 32.5 Å². The third-order valence-corrected chi connectivity index (χ3v) is 4.76. The van der Waals surface area contributed by atoms with E-state index in [-0.39, 0.29) is 12.2 Å². The van der Waals surface area contributed by atoms with E-state index in [0.717, 1.165) is 16.5 Å². The minimum atomic E-state index is -0.555. The number of hydrogen-bond donors (Lipinski definition) is 0. The van der Waals surface area contributed by atoms with Crippen molar-refractivity contribution in [2.45, 2.75) is 51.9 Å². The lowest BCUT2D eigenvalue weighted by Crippen LogP contribution is -2.36. The number of esters is 1. The molecule has 1 aromatic carbocycles. The fourth-order valence-corrected chi connectivity index (χ4v) is 3.44. The van der Waals surface area contributed by atoms with Crippen molar-refractivity contribution in [2.75, 3.05) is 13.1 Å². The summed E-state index contributed by atoms with van der Waals surface area (Å²) in [5, 5.41) is 9.87. The molecule has 1 aromatic heterocycles. The van der Waals surface area contributed by atoms with Crippen LogP contribution in [0.2, 0.25) is 0 Å². The Balaban J connectivity index is 1.61. The maximum absolute atomic E-state index is 12.3. The van der Waals surface area contributed by atoms with Gasteiger partial charge in [-0.1, -0.05) is 18.2 Å². The number of aryl methyl sites for hydroxylation is 1. The van der Waals surface area contributed by atoms with Crippen LogP contribution in [0.1, 0.15) is 39.2 Å². The van der Waals surface area contributed by atoms with Gasteiger partial charge in [0.25, 0.3) is 0 Å². The molecule has 0 spiro atoms. The smallest absolute Gasteiger partial charge is 0.410 e. The third-order valence-electron chi connectivity index (χ3n) is 4.76. The zero-order valence-corrected chi connectivity index (χ0v) is 17.6. The predicted molar refractivity (Wildman–Crippen MR) is 114 cm³/mol. The zero-order chi connectivity index (χ0) is 21.7. The molecule has 7 heteroatoms. The quantitative estimate of drug-likeness (QED) is 0.548. The van der Waals surface area contributed by atoms with Crippen LogP contribution in [0.3, 0.4) is 0 Å².